The second-order valence-electron chi connectivity index (χ2n) is 6.45. The Kier molecular flexibility index (Phi) is 8.40. The summed E-state index contributed by atoms with van der Waals surface area (Å²) < 4.78 is 32.5. The fourth-order valence-corrected chi connectivity index (χ4v) is 3.53. The summed E-state index contributed by atoms with van der Waals surface area (Å²) in [6.07, 6.45) is 0.143. The number of ether oxygens (including phenoxy) is 1. The van der Waals surface area contributed by atoms with Crippen LogP contribution in [0, 0.1) is 31.1 Å². The molecule has 1 amide bonds. The molecule has 9 heteroatoms. The molecule has 0 saturated carbocycles. The lowest BCUT2D eigenvalue weighted by molar-refractivity contribution is -0.151. The number of aryl methyl sites for hydroxylation is 2. The van der Waals surface area contributed by atoms with Crippen LogP contribution in [-0.4, -0.2) is 39.5 Å². The number of benzene rings is 1. The van der Waals surface area contributed by atoms with Crippen LogP contribution in [0.1, 0.15) is 31.4 Å². The molecule has 0 aliphatic rings. The van der Waals surface area contributed by atoms with E-state index in [-0.39, 0.29) is 23.8 Å². The van der Waals surface area contributed by atoms with Crippen molar-refractivity contribution in [3.05, 3.63) is 29.3 Å². The highest BCUT2D eigenvalue weighted by molar-refractivity contribution is 7.89. The Morgan fingerprint density at radius 2 is 1.89 bits per heavy atom. The van der Waals surface area contributed by atoms with Gasteiger partial charge in [0.05, 0.1) is 17.4 Å². The van der Waals surface area contributed by atoms with Crippen molar-refractivity contribution >= 4 is 21.9 Å². The summed E-state index contributed by atoms with van der Waals surface area (Å²) in [5.41, 5.74) is 1.77. The lowest BCUT2D eigenvalue weighted by Crippen LogP contribution is -2.46. The van der Waals surface area contributed by atoms with E-state index in [4.69, 9.17) is 10.00 Å². The maximum Gasteiger partial charge on any atom is 0.324 e. The minimum Gasteiger partial charge on any atom is -0.454 e. The van der Waals surface area contributed by atoms with Crippen molar-refractivity contribution in [2.75, 3.05) is 13.2 Å². The minimum atomic E-state index is -3.93. The number of nitrogens with one attached hydrogen (secondary N) is 2. The molecule has 148 valence electrons. The fraction of sp³-hybridized carbons (Fsp3) is 0.500. The maximum atomic E-state index is 12.6. The van der Waals surface area contributed by atoms with Crippen LogP contribution in [-0.2, 0) is 24.3 Å². The molecule has 0 saturated heterocycles. The number of esters is 1. The second-order valence-corrected chi connectivity index (χ2v) is 8.17. The number of carbonyl (C=O) groups is 2. The Bertz CT molecular complexity index is 828. The third-order valence-electron chi connectivity index (χ3n) is 3.90. The van der Waals surface area contributed by atoms with Gasteiger partial charge in [-0.05, 0) is 43.0 Å². The topological polar surface area (TPSA) is 125 Å². The van der Waals surface area contributed by atoms with Gasteiger partial charge < -0.3 is 10.1 Å². The van der Waals surface area contributed by atoms with Crippen molar-refractivity contribution in [2.24, 2.45) is 5.92 Å². The van der Waals surface area contributed by atoms with E-state index in [2.05, 4.69) is 10.0 Å². The van der Waals surface area contributed by atoms with Crippen LogP contribution in [0.5, 0.6) is 0 Å². The molecule has 0 unspecified atom stereocenters. The van der Waals surface area contributed by atoms with Crippen LogP contribution in [0.25, 0.3) is 0 Å². The average molecular weight is 395 g/mol. The molecule has 0 fully saturated rings. The minimum absolute atomic E-state index is 0.0540. The molecule has 0 heterocycles. The highest BCUT2D eigenvalue weighted by Gasteiger charge is 2.30. The third-order valence-corrected chi connectivity index (χ3v) is 5.33. The molecule has 2 N–H and O–H groups in total. The van der Waals surface area contributed by atoms with Gasteiger partial charge in [0.1, 0.15) is 6.04 Å². The van der Waals surface area contributed by atoms with Crippen molar-refractivity contribution < 1.29 is 22.7 Å². The zero-order valence-electron chi connectivity index (χ0n) is 15.9. The maximum absolute atomic E-state index is 12.6. The monoisotopic (exact) mass is 395 g/mol. The van der Waals surface area contributed by atoms with E-state index in [1.807, 2.05) is 13.0 Å². The predicted octanol–water partition coefficient (Wildman–Crippen LogP) is 1.18. The largest absolute Gasteiger partial charge is 0.454 e. The lowest BCUT2D eigenvalue weighted by Gasteiger charge is -2.21. The molecule has 1 aromatic carbocycles. The summed E-state index contributed by atoms with van der Waals surface area (Å²) in [4.78, 5) is 23.9. The summed E-state index contributed by atoms with van der Waals surface area (Å²) in [5.74, 6) is -1.79. The molecular formula is C18H25N3O5S. The van der Waals surface area contributed by atoms with Gasteiger partial charge in [-0.15, -0.1) is 0 Å². The van der Waals surface area contributed by atoms with E-state index in [9.17, 15) is 18.0 Å². The molecule has 0 aromatic heterocycles. The molecule has 27 heavy (non-hydrogen) atoms. The first-order valence-electron chi connectivity index (χ1n) is 8.48. The van der Waals surface area contributed by atoms with Gasteiger partial charge in [-0.1, -0.05) is 19.9 Å². The zero-order chi connectivity index (χ0) is 20.6. The first kappa shape index (κ1) is 22.6. The van der Waals surface area contributed by atoms with E-state index in [0.29, 0.717) is 0 Å². The Morgan fingerprint density at radius 1 is 1.22 bits per heavy atom. The van der Waals surface area contributed by atoms with E-state index < -0.39 is 34.5 Å². The summed E-state index contributed by atoms with van der Waals surface area (Å²) in [6.45, 7) is 6.62. The number of nitriles is 1. The molecule has 0 aliphatic carbocycles. The van der Waals surface area contributed by atoms with E-state index in [1.54, 1.807) is 26.8 Å². The Labute approximate surface area is 160 Å². The van der Waals surface area contributed by atoms with Gasteiger partial charge in [0.2, 0.25) is 10.0 Å². The highest BCUT2D eigenvalue weighted by atomic mass is 32.2. The van der Waals surface area contributed by atoms with Gasteiger partial charge in [0.25, 0.3) is 5.91 Å². The SMILES string of the molecule is Cc1ccc(S(=O)(=O)N[C@H](C(=O)OCC(=O)NCCC#N)C(C)C)cc1C. The van der Waals surface area contributed by atoms with Crippen LogP contribution in [0.15, 0.2) is 23.1 Å². The quantitative estimate of drug-likeness (QED) is 0.478. The van der Waals surface area contributed by atoms with Crippen molar-refractivity contribution in [3.8, 4) is 6.07 Å². The average Bonchev–Trinajstić information content (AvgIpc) is 2.60. The molecule has 0 spiro atoms. The van der Waals surface area contributed by atoms with Crippen LogP contribution in [0.3, 0.4) is 0 Å². The molecule has 0 aliphatic heterocycles. The lowest BCUT2D eigenvalue weighted by atomic mass is 10.1. The van der Waals surface area contributed by atoms with Gasteiger partial charge in [0.15, 0.2) is 6.61 Å². The van der Waals surface area contributed by atoms with Gasteiger partial charge >= 0.3 is 5.97 Å². The van der Waals surface area contributed by atoms with Crippen LogP contribution < -0.4 is 10.0 Å². The molecular weight excluding hydrogens is 370 g/mol. The van der Waals surface area contributed by atoms with Crippen LogP contribution in [0.4, 0.5) is 0 Å². The molecule has 1 atom stereocenters. The van der Waals surface area contributed by atoms with Gasteiger partial charge in [-0.25, -0.2) is 8.42 Å². The summed E-state index contributed by atoms with van der Waals surface area (Å²) in [7, 11) is -3.93. The molecule has 8 nitrogen and oxygen atoms in total. The summed E-state index contributed by atoms with van der Waals surface area (Å²) in [6, 6.07) is 5.43. The van der Waals surface area contributed by atoms with E-state index >= 15 is 0 Å². The fourth-order valence-electron chi connectivity index (χ4n) is 2.11. The summed E-state index contributed by atoms with van der Waals surface area (Å²) in [5, 5.41) is 10.8. The highest BCUT2D eigenvalue weighted by Crippen LogP contribution is 2.16. The zero-order valence-corrected chi connectivity index (χ0v) is 16.7. The van der Waals surface area contributed by atoms with Crippen molar-refractivity contribution in [1.82, 2.24) is 10.0 Å². The van der Waals surface area contributed by atoms with Crippen LogP contribution in [0.2, 0.25) is 0 Å². The Morgan fingerprint density at radius 3 is 2.44 bits per heavy atom. The second kappa shape index (κ2) is 10.0. The predicted molar refractivity (Wildman–Crippen MR) is 99.1 cm³/mol. The number of nitrogens with zero attached hydrogens (tertiary/aromatic N) is 1. The number of sulfonamides is 1. The summed E-state index contributed by atoms with van der Waals surface area (Å²) >= 11 is 0. The van der Waals surface area contributed by atoms with E-state index in [1.165, 1.54) is 12.1 Å². The van der Waals surface area contributed by atoms with Gasteiger partial charge in [-0.3, -0.25) is 9.59 Å². The molecule has 0 bridgehead atoms. The third kappa shape index (κ3) is 7.00. The first-order valence-corrected chi connectivity index (χ1v) is 9.96. The standard InChI is InChI=1S/C18H25N3O5S/c1-12(2)17(18(23)26-11-16(22)20-9-5-8-19)21-27(24,25)15-7-6-13(3)14(4)10-15/h6-7,10,12,17,21H,5,9,11H2,1-4H3,(H,20,22)/t17-/m0/s1. The smallest absolute Gasteiger partial charge is 0.324 e. The van der Waals surface area contributed by atoms with Gasteiger partial charge in [0, 0.05) is 6.54 Å². The van der Waals surface area contributed by atoms with Crippen molar-refractivity contribution in [3.63, 3.8) is 0 Å². The van der Waals surface area contributed by atoms with Crippen molar-refractivity contribution in [1.29, 1.82) is 5.26 Å². The molecule has 1 rings (SSSR count). The first-order chi connectivity index (χ1) is 12.6. The molecule has 0 radical (unpaired) electrons. The number of hydrogen-bond acceptors (Lipinski definition) is 6. The normalized spacial score (nSPS) is 12.3. The number of rotatable bonds is 9. The number of amides is 1. The molecule has 1 aromatic rings. The Hall–Kier alpha value is -2.44. The van der Waals surface area contributed by atoms with Crippen molar-refractivity contribution in [2.45, 2.75) is 45.1 Å². The van der Waals surface area contributed by atoms with E-state index in [0.717, 1.165) is 11.1 Å². The van der Waals surface area contributed by atoms with Crippen LogP contribution >= 0.6 is 0 Å². The van der Waals surface area contributed by atoms with Gasteiger partial charge in [-0.2, -0.15) is 9.98 Å². The number of hydrogen-bond donors (Lipinski definition) is 2. The number of carbonyl (C=O) groups excluding carboxylic acids is 2. The Balaban J connectivity index is 2.80.